The number of hydrogen-bond donors (Lipinski definition) is 0. The first-order valence-corrected chi connectivity index (χ1v) is 6.84. The fraction of sp³-hybridized carbons (Fsp3) is 0.467. The summed E-state index contributed by atoms with van der Waals surface area (Å²) in [4.78, 5) is 27.4. The highest BCUT2D eigenvalue weighted by atomic mass is 19.1. The van der Waals surface area contributed by atoms with Gasteiger partial charge in [0.05, 0.1) is 13.2 Å². The van der Waals surface area contributed by atoms with Crippen LogP contribution in [0.15, 0.2) is 24.3 Å². The topological polar surface area (TPSA) is 49.9 Å². The standard InChI is InChI=1S/C15H19FN2O3/c1-11-15(20)17(6-7-21-2)10-14(19)18(11)9-12-4-3-5-13(16)8-12/h3-5,8,11H,6-7,9-10H2,1-2H3/t11-/m0/s1. The van der Waals surface area contributed by atoms with E-state index in [1.54, 1.807) is 26.2 Å². The molecule has 2 rings (SSSR count). The first kappa shape index (κ1) is 15.4. The lowest BCUT2D eigenvalue weighted by atomic mass is 10.1. The quantitative estimate of drug-likeness (QED) is 0.815. The van der Waals surface area contributed by atoms with Crippen molar-refractivity contribution in [1.82, 2.24) is 9.80 Å². The summed E-state index contributed by atoms with van der Waals surface area (Å²) in [5.74, 6) is -0.594. The number of piperazine rings is 1. The molecule has 1 aromatic carbocycles. The lowest BCUT2D eigenvalue weighted by Crippen LogP contribution is -2.58. The summed E-state index contributed by atoms with van der Waals surface area (Å²) in [6.45, 7) is 2.77. The number of ether oxygens (including phenoxy) is 1. The molecular weight excluding hydrogens is 275 g/mol. The zero-order valence-electron chi connectivity index (χ0n) is 12.2. The van der Waals surface area contributed by atoms with Crippen LogP contribution in [0.2, 0.25) is 0 Å². The Bertz CT molecular complexity index is 535. The number of rotatable bonds is 5. The van der Waals surface area contributed by atoms with Crippen LogP contribution < -0.4 is 0 Å². The predicted octanol–water partition coefficient (Wildman–Crippen LogP) is 1.03. The van der Waals surface area contributed by atoms with E-state index >= 15 is 0 Å². The van der Waals surface area contributed by atoms with Crippen molar-refractivity contribution in [3.05, 3.63) is 35.6 Å². The van der Waals surface area contributed by atoms with Gasteiger partial charge in [0.15, 0.2) is 0 Å². The molecule has 0 saturated carbocycles. The second kappa shape index (κ2) is 6.67. The van der Waals surface area contributed by atoms with Gasteiger partial charge in [-0.15, -0.1) is 0 Å². The van der Waals surface area contributed by atoms with Gasteiger partial charge in [-0.05, 0) is 24.6 Å². The Hall–Kier alpha value is -1.95. The van der Waals surface area contributed by atoms with Crippen molar-refractivity contribution in [2.75, 3.05) is 26.8 Å². The van der Waals surface area contributed by atoms with Gasteiger partial charge in [0.2, 0.25) is 11.8 Å². The summed E-state index contributed by atoms with van der Waals surface area (Å²) in [6, 6.07) is 5.51. The van der Waals surface area contributed by atoms with E-state index in [0.29, 0.717) is 18.7 Å². The van der Waals surface area contributed by atoms with Crippen molar-refractivity contribution in [2.24, 2.45) is 0 Å². The molecule has 1 saturated heterocycles. The Morgan fingerprint density at radius 1 is 1.38 bits per heavy atom. The van der Waals surface area contributed by atoms with E-state index < -0.39 is 6.04 Å². The zero-order chi connectivity index (χ0) is 15.4. The lowest BCUT2D eigenvalue weighted by molar-refractivity contribution is -0.156. The van der Waals surface area contributed by atoms with Crippen LogP contribution in [0.25, 0.3) is 0 Å². The van der Waals surface area contributed by atoms with Crippen LogP contribution in [0.4, 0.5) is 4.39 Å². The number of carbonyl (C=O) groups is 2. The molecule has 2 amide bonds. The number of halogens is 1. The highest BCUT2D eigenvalue weighted by Crippen LogP contribution is 2.16. The summed E-state index contributed by atoms with van der Waals surface area (Å²) in [6.07, 6.45) is 0. The van der Waals surface area contributed by atoms with Crippen molar-refractivity contribution in [1.29, 1.82) is 0 Å². The third-order valence-corrected chi connectivity index (χ3v) is 3.59. The van der Waals surface area contributed by atoms with E-state index in [2.05, 4.69) is 0 Å². The van der Waals surface area contributed by atoms with E-state index in [4.69, 9.17) is 4.74 Å². The molecule has 0 spiro atoms. The number of amides is 2. The maximum absolute atomic E-state index is 13.2. The molecule has 1 atom stereocenters. The number of methoxy groups -OCH3 is 1. The summed E-state index contributed by atoms with van der Waals surface area (Å²) < 4.78 is 18.1. The van der Waals surface area contributed by atoms with Gasteiger partial charge in [-0.1, -0.05) is 12.1 Å². The minimum absolute atomic E-state index is 0.0435. The summed E-state index contributed by atoms with van der Waals surface area (Å²) >= 11 is 0. The van der Waals surface area contributed by atoms with Crippen LogP contribution in [0.5, 0.6) is 0 Å². The van der Waals surface area contributed by atoms with Gasteiger partial charge in [0.1, 0.15) is 11.9 Å². The van der Waals surface area contributed by atoms with Crippen molar-refractivity contribution < 1.29 is 18.7 Å². The van der Waals surface area contributed by atoms with Crippen LogP contribution in [0.1, 0.15) is 12.5 Å². The predicted molar refractivity (Wildman–Crippen MR) is 74.9 cm³/mol. The normalized spacial score (nSPS) is 19.3. The highest BCUT2D eigenvalue weighted by molar-refractivity contribution is 5.94. The van der Waals surface area contributed by atoms with Crippen LogP contribution in [-0.2, 0) is 20.9 Å². The average Bonchev–Trinajstić information content (AvgIpc) is 2.46. The van der Waals surface area contributed by atoms with E-state index in [9.17, 15) is 14.0 Å². The minimum Gasteiger partial charge on any atom is -0.383 e. The molecule has 1 aliphatic rings. The SMILES string of the molecule is COCCN1CC(=O)N(Cc2cccc(F)c2)[C@@H](C)C1=O. The Balaban J connectivity index is 2.08. The van der Waals surface area contributed by atoms with Crippen LogP contribution >= 0.6 is 0 Å². The Morgan fingerprint density at radius 3 is 2.81 bits per heavy atom. The third kappa shape index (κ3) is 3.58. The van der Waals surface area contributed by atoms with Gasteiger partial charge in [-0.3, -0.25) is 9.59 Å². The molecule has 1 aliphatic heterocycles. The smallest absolute Gasteiger partial charge is 0.245 e. The molecule has 5 nitrogen and oxygen atoms in total. The van der Waals surface area contributed by atoms with Gasteiger partial charge in [0, 0.05) is 20.2 Å². The van der Waals surface area contributed by atoms with Gasteiger partial charge in [0.25, 0.3) is 0 Å². The summed E-state index contributed by atoms with van der Waals surface area (Å²) in [7, 11) is 1.55. The first-order chi connectivity index (χ1) is 10.0. The van der Waals surface area contributed by atoms with Crippen LogP contribution in [0, 0.1) is 5.82 Å². The van der Waals surface area contributed by atoms with E-state index in [-0.39, 0.29) is 30.7 Å². The molecule has 0 aromatic heterocycles. The summed E-state index contributed by atoms with van der Waals surface area (Å²) in [5, 5.41) is 0. The fourth-order valence-electron chi connectivity index (χ4n) is 2.39. The Morgan fingerprint density at radius 2 is 2.14 bits per heavy atom. The molecule has 21 heavy (non-hydrogen) atoms. The maximum Gasteiger partial charge on any atom is 0.245 e. The Labute approximate surface area is 123 Å². The van der Waals surface area contributed by atoms with Crippen LogP contribution in [0.3, 0.4) is 0 Å². The molecule has 1 heterocycles. The van der Waals surface area contributed by atoms with Gasteiger partial charge >= 0.3 is 0 Å². The largest absolute Gasteiger partial charge is 0.383 e. The number of benzene rings is 1. The zero-order valence-corrected chi connectivity index (χ0v) is 12.2. The molecule has 114 valence electrons. The Kier molecular flexibility index (Phi) is 4.90. The molecule has 1 fully saturated rings. The number of hydrogen-bond acceptors (Lipinski definition) is 3. The van der Waals surface area contributed by atoms with Gasteiger partial charge in [-0.2, -0.15) is 0 Å². The van der Waals surface area contributed by atoms with E-state index in [1.165, 1.54) is 21.9 Å². The van der Waals surface area contributed by atoms with E-state index in [0.717, 1.165) is 0 Å². The minimum atomic E-state index is -0.550. The molecule has 0 radical (unpaired) electrons. The number of carbonyl (C=O) groups excluding carboxylic acids is 2. The van der Waals surface area contributed by atoms with Crippen LogP contribution in [-0.4, -0.2) is 54.5 Å². The van der Waals surface area contributed by atoms with Gasteiger partial charge < -0.3 is 14.5 Å². The third-order valence-electron chi connectivity index (χ3n) is 3.59. The second-order valence-corrected chi connectivity index (χ2v) is 5.08. The van der Waals surface area contributed by atoms with Gasteiger partial charge in [-0.25, -0.2) is 4.39 Å². The van der Waals surface area contributed by atoms with Crippen molar-refractivity contribution in [3.8, 4) is 0 Å². The number of nitrogens with zero attached hydrogens (tertiary/aromatic N) is 2. The van der Waals surface area contributed by atoms with E-state index in [1.807, 2.05) is 0 Å². The van der Waals surface area contributed by atoms with Crippen molar-refractivity contribution in [2.45, 2.75) is 19.5 Å². The summed E-state index contributed by atoms with van der Waals surface area (Å²) in [5.41, 5.74) is 0.674. The fourth-order valence-corrected chi connectivity index (χ4v) is 2.39. The molecular formula is C15H19FN2O3. The highest BCUT2D eigenvalue weighted by Gasteiger charge is 2.36. The molecule has 0 bridgehead atoms. The second-order valence-electron chi connectivity index (χ2n) is 5.08. The average molecular weight is 294 g/mol. The monoisotopic (exact) mass is 294 g/mol. The maximum atomic E-state index is 13.2. The molecule has 0 N–H and O–H groups in total. The molecule has 1 aromatic rings. The van der Waals surface area contributed by atoms with Crippen molar-refractivity contribution >= 4 is 11.8 Å². The molecule has 6 heteroatoms. The lowest BCUT2D eigenvalue weighted by Gasteiger charge is -2.38. The molecule has 0 aliphatic carbocycles. The molecule has 0 unspecified atom stereocenters. The first-order valence-electron chi connectivity index (χ1n) is 6.84. The van der Waals surface area contributed by atoms with Crippen molar-refractivity contribution in [3.63, 3.8) is 0 Å².